The minimum Gasteiger partial charge on any atom is -0.443 e. The quantitative estimate of drug-likeness (QED) is 0.512. The summed E-state index contributed by atoms with van der Waals surface area (Å²) in [5.74, 6) is 0.796. The average molecular weight is 300 g/mol. The van der Waals surface area contributed by atoms with Gasteiger partial charge >= 0.3 is 0 Å². The minimum absolute atomic E-state index is 0.796. The lowest BCUT2D eigenvalue weighted by molar-refractivity contribution is 0.571. The summed E-state index contributed by atoms with van der Waals surface area (Å²) in [4.78, 5) is 8.62. The first-order valence-electron chi connectivity index (χ1n) is 7.59. The summed E-state index contributed by atoms with van der Waals surface area (Å²) in [6, 6.07) is 14.6. The van der Waals surface area contributed by atoms with Crippen molar-refractivity contribution in [1.29, 1.82) is 0 Å². The Bertz CT molecular complexity index is 974. The molecule has 2 aromatic carbocycles. The summed E-state index contributed by atoms with van der Waals surface area (Å²) in [5, 5.41) is 1.16. The molecule has 0 spiro atoms. The van der Waals surface area contributed by atoms with E-state index in [1.165, 1.54) is 23.1 Å². The Morgan fingerprint density at radius 1 is 1.00 bits per heavy atom. The van der Waals surface area contributed by atoms with E-state index in [4.69, 9.17) is 4.42 Å². The van der Waals surface area contributed by atoms with Crippen LogP contribution in [0.3, 0.4) is 0 Å². The van der Waals surface area contributed by atoms with Crippen molar-refractivity contribution in [3.05, 3.63) is 72.4 Å². The first-order valence-corrected chi connectivity index (χ1v) is 7.59. The maximum Gasteiger partial charge on any atom is 0.181 e. The molecule has 0 amide bonds. The highest BCUT2D eigenvalue weighted by molar-refractivity contribution is 6.00. The van der Waals surface area contributed by atoms with E-state index in [1.54, 1.807) is 6.20 Å². The Morgan fingerprint density at radius 2 is 1.83 bits per heavy atom. The van der Waals surface area contributed by atoms with Gasteiger partial charge in [0.25, 0.3) is 0 Å². The number of nitrogens with zero attached hydrogens (tertiary/aromatic N) is 2. The number of rotatable bonds is 2. The van der Waals surface area contributed by atoms with Crippen LogP contribution in [0.4, 0.5) is 0 Å². The van der Waals surface area contributed by atoms with Crippen LogP contribution in [0.1, 0.15) is 11.1 Å². The average Bonchev–Trinajstić information content (AvgIpc) is 3.09. The first-order chi connectivity index (χ1) is 11.3. The molecule has 0 fully saturated rings. The van der Waals surface area contributed by atoms with Gasteiger partial charge in [0.2, 0.25) is 0 Å². The number of benzene rings is 2. The molecular weight excluding hydrogens is 284 g/mol. The molecule has 0 atom stereocenters. The molecule has 3 nitrogen and oxygen atoms in total. The van der Waals surface area contributed by atoms with Crippen molar-refractivity contribution in [1.82, 2.24) is 9.97 Å². The third kappa shape index (κ3) is 2.21. The van der Waals surface area contributed by atoms with Crippen molar-refractivity contribution in [2.75, 3.05) is 0 Å². The van der Waals surface area contributed by atoms with Gasteiger partial charge in [-0.2, -0.15) is 0 Å². The van der Waals surface area contributed by atoms with Gasteiger partial charge in [-0.1, -0.05) is 30.3 Å². The lowest BCUT2D eigenvalue weighted by atomic mass is 9.92. The topological polar surface area (TPSA) is 38.9 Å². The van der Waals surface area contributed by atoms with E-state index in [0.29, 0.717) is 0 Å². The highest BCUT2D eigenvalue weighted by Gasteiger charge is 2.16. The molecular formula is C20H16N2O. The summed E-state index contributed by atoms with van der Waals surface area (Å²) in [7, 11) is 0. The van der Waals surface area contributed by atoms with Crippen LogP contribution in [-0.4, -0.2) is 9.97 Å². The van der Waals surface area contributed by atoms with Crippen molar-refractivity contribution < 1.29 is 4.42 Å². The second kappa shape index (κ2) is 5.36. The summed E-state index contributed by atoms with van der Waals surface area (Å²) in [6.45, 7) is 4.21. The predicted octanol–water partition coefficient (Wildman–Crippen LogP) is 5.17. The van der Waals surface area contributed by atoms with Gasteiger partial charge in [0.1, 0.15) is 0 Å². The standard InChI is InChI=1S/C20H16N2O/c1-13-10-17-20(14(2)19(13)18-11-21-12-23-18)16(8-9-22-17)15-6-4-3-5-7-15/h3-12H,1-2H3. The molecule has 0 aliphatic rings. The lowest BCUT2D eigenvalue weighted by Gasteiger charge is -2.14. The fourth-order valence-corrected chi connectivity index (χ4v) is 3.26. The van der Waals surface area contributed by atoms with Gasteiger partial charge in [0.05, 0.1) is 11.7 Å². The predicted molar refractivity (Wildman–Crippen MR) is 92.2 cm³/mol. The third-order valence-electron chi connectivity index (χ3n) is 4.24. The van der Waals surface area contributed by atoms with Crippen LogP contribution < -0.4 is 0 Å². The van der Waals surface area contributed by atoms with Crippen LogP contribution in [0.2, 0.25) is 0 Å². The van der Waals surface area contributed by atoms with Crippen LogP contribution >= 0.6 is 0 Å². The van der Waals surface area contributed by atoms with Crippen LogP contribution in [0.5, 0.6) is 0 Å². The molecule has 4 aromatic rings. The van der Waals surface area contributed by atoms with Crippen molar-refractivity contribution in [2.45, 2.75) is 13.8 Å². The minimum atomic E-state index is 0.796. The Balaban J connectivity index is 2.09. The number of oxazole rings is 1. The highest BCUT2D eigenvalue weighted by atomic mass is 16.3. The van der Waals surface area contributed by atoms with E-state index in [9.17, 15) is 0 Å². The molecule has 0 unspecified atom stereocenters. The summed E-state index contributed by atoms with van der Waals surface area (Å²) >= 11 is 0. The largest absolute Gasteiger partial charge is 0.443 e. The van der Waals surface area contributed by atoms with Crippen LogP contribution in [0.25, 0.3) is 33.4 Å². The zero-order valence-electron chi connectivity index (χ0n) is 13.1. The van der Waals surface area contributed by atoms with Gasteiger partial charge in [0, 0.05) is 17.1 Å². The fourth-order valence-electron chi connectivity index (χ4n) is 3.26. The summed E-state index contributed by atoms with van der Waals surface area (Å²) in [5.41, 5.74) is 6.79. The number of aryl methyl sites for hydroxylation is 2. The maximum absolute atomic E-state index is 5.54. The Labute approximate surface area is 134 Å². The van der Waals surface area contributed by atoms with Crippen molar-refractivity contribution in [3.8, 4) is 22.5 Å². The molecule has 0 N–H and O–H groups in total. The molecule has 2 aromatic heterocycles. The smallest absolute Gasteiger partial charge is 0.181 e. The van der Waals surface area contributed by atoms with Crippen molar-refractivity contribution in [3.63, 3.8) is 0 Å². The van der Waals surface area contributed by atoms with E-state index in [0.717, 1.165) is 27.8 Å². The van der Waals surface area contributed by atoms with E-state index in [1.807, 2.05) is 12.3 Å². The summed E-state index contributed by atoms with van der Waals surface area (Å²) < 4.78 is 5.54. The van der Waals surface area contributed by atoms with Crippen LogP contribution in [0.15, 0.2) is 65.7 Å². The van der Waals surface area contributed by atoms with E-state index in [2.05, 4.69) is 60.2 Å². The zero-order chi connectivity index (χ0) is 15.8. The normalized spacial score (nSPS) is 11.0. The molecule has 0 saturated heterocycles. The van der Waals surface area contributed by atoms with Gasteiger partial charge in [-0.05, 0) is 48.2 Å². The van der Waals surface area contributed by atoms with Gasteiger partial charge in [-0.3, -0.25) is 4.98 Å². The first kappa shape index (κ1) is 13.7. The molecule has 0 saturated carbocycles. The molecule has 112 valence electrons. The van der Waals surface area contributed by atoms with Crippen LogP contribution in [-0.2, 0) is 0 Å². The van der Waals surface area contributed by atoms with Gasteiger partial charge in [-0.15, -0.1) is 0 Å². The van der Waals surface area contributed by atoms with E-state index in [-0.39, 0.29) is 0 Å². The molecule has 23 heavy (non-hydrogen) atoms. The van der Waals surface area contributed by atoms with Crippen molar-refractivity contribution >= 4 is 10.9 Å². The number of aromatic nitrogens is 2. The molecule has 0 aliphatic heterocycles. The molecule has 0 bridgehead atoms. The molecule has 0 radical (unpaired) electrons. The number of fused-ring (bicyclic) bond motifs is 1. The Hall–Kier alpha value is -2.94. The Kier molecular flexibility index (Phi) is 3.19. The number of pyridine rings is 1. The van der Waals surface area contributed by atoms with E-state index < -0.39 is 0 Å². The lowest BCUT2D eigenvalue weighted by Crippen LogP contribution is -1.93. The van der Waals surface area contributed by atoms with Gasteiger partial charge in [-0.25, -0.2) is 4.98 Å². The monoisotopic (exact) mass is 300 g/mol. The molecule has 2 heterocycles. The second-order valence-electron chi connectivity index (χ2n) is 5.68. The number of hydrogen-bond acceptors (Lipinski definition) is 3. The molecule has 0 aliphatic carbocycles. The molecule has 3 heteroatoms. The Morgan fingerprint density at radius 3 is 2.57 bits per heavy atom. The second-order valence-corrected chi connectivity index (χ2v) is 5.68. The molecule has 4 rings (SSSR count). The fraction of sp³-hybridized carbons (Fsp3) is 0.100. The van der Waals surface area contributed by atoms with Gasteiger partial charge in [0.15, 0.2) is 12.2 Å². The van der Waals surface area contributed by atoms with Gasteiger partial charge < -0.3 is 4.42 Å². The van der Waals surface area contributed by atoms with Crippen molar-refractivity contribution in [2.24, 2.45) is 0 Å². The van der Waals surface area contributed by atoms with E-state index >= 15 is 0 Å². The SMILES string of the molecule is Cc1cc2nccc(-c3ccccc3)c2c(C)c1-c1cnco1. The maximum atomic E-state index is 5.54. The van der Waals surface area contributed by atoms with Crippen LogP contribution in [0, 0.1) is 13.8 Å². The highest BCUT2D eigenvalue weighted by Crippen LogP contribution is 2.37. The summed E-state index contributed by atoms with van der Waals surface area (Å²) in [6.07, 6.45) is 5.11. The number of hydrogen-bond donors (Lipinski definition) is 0. The zero-order valence-corrected chi connectivity index (χ0v) is 13.1. The third-order valence-corrected chi connectivity index (χ3v) is 4.24.